The first-order valence-electron chi connectivity index (χ1n) is 5.33. The van der Waals surface area contributed by atoms with Crippen LogP contribution in [-0.4, -0.2) is 35.5 Å². The molecule has 0 amide bonds. The summed E-state index contributed by atoms with van der Waals surface area (Å²) in [7, 11) is 0. The molecule has 1 heterocycles. The number of β-amino-alcohol motifs (C(OH)–C–C–N with tert-alkyl or cyclic N) is 1. The number of aliphatic hydroxyl groups is 1. The number of carbonyl (C=O) groups excluding carboxylic acids is 1. The molecule has 16 heavy (non-hydrogen) atoms. The fourth-order valence-corrected chi connectivity index (χ4v) is 2.06. The summed E-state index contributed by atoms with van der Waals surface area (Å²) in [6, 6.07) is 5.53. The fourth-order valence-electron chi connectivity index (χ4n) is 2.06. The van der Waals surface area contributed by atoms with E-state index in [9.17, 15) is 14.3 Å². The van der Waals surface area contributed by atoms with Crippen molar-refractivity contribution < 1.29 is 14.3 Å². The molecule has 4 heteroatoms. The summed E-state index contributed by atoms with van der Waals surface area (Å²) < 4.78 is 12.8. The molecule has 1 aromatic carbocycles. The van der Waals surface area contributed by atoms with Crippen molar-refractivity contribution >= 4 is 6.29 Å². The number of aliphatic hydroxyl groups excluding tert-OH is 1. The lowest BCUT2D eigenvalue weighted by molar-refractivity contribution is -0.112. The maximum absolute atomic E-state index is 12.8. The summed E-state index contributed by atoms with van der Waals surface area (Å²) in [5.41, 5.74) is 0.769. The third-order valence-corrected chi connectivity index (χ3v) is 2.93. The standard InChI is InChI=1S/C12H14FNO2/c13-10-3-1-9(2-4-10)12(8-15)14-6-5-11(16)7-14/h1-4,8,11-12,16H,5-7H2. The normalized spacial score (nSPS) is 23.2. The molecule has 1 saturated heterocycles. The number of hydrogen-bond acceptors (Lipinski definition) is 3. The van der Waals surface area contributed by atoms with E-state index in [1.165, 1.54) is 12.1 Å². The van der Waals surface area contributed by atoms with Crippen LogP contribution in [0.4, 0.5) is 4.39 Å². The molecule has 86 valence electrons. The molecule has 1 N–H and O–H groups in total. The molecule has 2 rings (SSSR count). The van der Waals surface area contributed by atoms with Gasteiger partial charge in [-0.05, 0) is 24.1 Å². The molecule has 0 aromatic heterocycles. The quantitative estimate of drug-likeness (QED) is 0.781. The van der Waals surface area contributed by atoms with Crippen LogP contribution in [0.25, 0.3) is 0 Å². The maximum Gasteiger partial charge on any atom is 0.141 e. The van der Waals surface area contributed by atoms with Gasteiger partial charge in [-0.3, -0.25) is 4.90 Å². The van der Waals surface area contributed by atoms with E-state index in [1.807, 2.05) is 4.90 Å². The van der Waals surface area contributed by atoms with Crippen LogP contribution in [-0.2, 0) is 4.79 Å². The van der Waals surface area contributed by atoms with Crippen LogP contribution in [0.15, 0.2) is 24.3 Å². The van der Waals surface area contributed by atoms with Crippen molar-refractivity contribution in [2.24, 2.45) is 0 Å². The topological polar surface area (TPSA) is 40.5 Å². The van der Waals surface area contributed by atoms with E-state index in [4.69, 9.17) is 0 Å². The van der Waals surface area contributed by atoms with Gasteiger partial charge in [0.2, 0.25) is 0 Å². The molecule has 1 aromatic rings. The molecule has 0 spiro atoms. The zero-order valence-corrected chi connectivity index (χ0v) is 8.84. The largest absolute Gasteiger partial charge is 0.392 e. The second kappa shape index (κ2) is 4.72. The van der Waals surface area contributed by atoms with Gasteiger partial charge in [-0.1, -0.05) is 12.1 Å². The first-order chi connectivity index (χ1) is 7.70. The van der Waals surface area contributed by atoms with Crippen LogP contribution in [0.2, 0.25) is 0 Å². The summed E-state index contributed by atoms with van der Waals surface area (Å²) >= 11 is 0. The summed E-state index contributed by atoms with van der Waals surface area (Å²) in [5, 5.41) is 9.42. The van der Waals surface area contributed by atoms with Crippen LogP contribution in [0.5, 0.6) is 0 Å². The number of halogens is 1. The molecule has 3 nitrogen and oxygen atoms in total. The van der Waals surface area contributed by atoms with Crippen molar-refractivity contribution in [1.82, 2.24) is 4.90 Å². The molecule has 0 aliphatic carbocycles. The summed E-state index contributed by atoms with van der Waals surface area (Å²) in [5.74, 6) is -0.310. The minimum Gasteiger partial charge on any atom is -0.392 e. The van der Waals surface area contributed by atoms with E-state index in [2.05, 4.69) is 0 Å². The van der Waals surface area contributed by atoms with Crippen molar-refractivity contribution in [2.45, 2.75) is 18.6 Å². The SMILES string of the molecule is O=CC(c1ccc(F)cc1)N1CCC(O)C1. The Morgan fingerprint density at radius 2 is 2.12 bits per heavy atom. The number of benzene rings is 1. The number of rotatable bonds is 3. The van der Waals surface area contributed by atoms with Crippen LogP contribution < -0.4 is 0 Å². The predicted molar refractivity (Wildman–Crippen MR) is 57.4 cm³/mol. The van der Waals surface area contributed by atoms with Crippen molar-refractivity contribution in [3.63, 3.8) is 0 Å². The lowest BCUT2D eigenvalue weighted by Gasteiger charge is -2.22. The fraction of sp³-hybridized carbons (Fsp3) is 0.417. The molecule has 2 atom stereocenters. The van der Waals surface area contributed by atoms with Gasteiger partial charge in [-0.25, -0.2) is 4.39 Å². The Balaban J connectivity index is 2.16. The average Bonchev–Trinajstić information content (AvgIpc) is 2.69. The molecular formula is C12H14FNO2. The Hall–Kier alpha value is -1.26. The molecule has 1 aliphatic rings. The summed E-state index contributed by atoms with van der Waals surface area (Å²) in [4.78, 5) is 13.0. The van der Waals surface area contributed by atoms with Crippen LogP contribution in [0.1, 0.15) is 18.0 Å². The number of aldehydes is 1. The van der Waals surface area contributed by atoms with Gasteiger partial charge in [0.25, 0.3) is 0 Å². The van der Waals surface area contributed by atoms with Gasteiger partial charge < -0.3 is 9.90 Å². The van der Waals surface area contributed by atoms with Crippen molar-refractivity contribution in [3.8, 4) is 0 Å². The number of hydrogen-bond donors (Lipinski definition) is 1. The Morgan fingerprint density at radius 1 is 1.44 bits per heavy atom. The highest BCUT2D eigenvalue weighted by Crippen LogP contribution is 2.23. The van der Waals surface area contributed by atoms with Crippen LogP contribution in [0.3, 0.4) is 0 Å². The lowest BCUT2D eigenvalue weighted by atomic mass is 10.1. The van der Waals surface area contributed by atoms with E-state index in [0.29, 0.717) is 19.5 Å². The monoisotopic (exact) mass is 223 g/mol. The van der Waals surface area contributed by atoms with Gasteiger partial charge in [-0.15, -0.1) is 0 Å². The second-order valence-electron chi connectivity index (χ2n) is 4.07. The Bertz CT molecular complexity index is 366. The zero-order chi connectivity index (χ0) is 11.5. The average molecular weight is 223 g/mol. The smallest absolute Gasteiger partial charge is 0.141 e. The molecule has 0 bridgehead atoms. The molecule has 1 aliphatic heterocycles. The van der Waals surface area contributed by atoms with Gasteiger partial charge in [0, 0.05) is 13.1 Å². The molecule has 0 saturated carbocycles. The van der Waals surface area contributed by atoms with Crippen molar-refractivity contribution in [2.75, 3.05) is 13.1 Å². The first kappa shape index (κ1) is 11.2. The Labute approximate surface area is 93.5 Å². The van der Waals surface area contributed by atoms with Crippen molar-refractivity contribution in [3.05, 3.63) is 35.6 Å². The van der Waals surface area contributed by atoms with Crippen molar-refractivity contribution in [1.29, 1.82) is 0 Å². The predicted octanol–water partition coefficient (Wildman–Crippen LogP) is 1.13. The highest BCUT2D eigenvalue weighted by Gasteiger charge is 2.27. The molecule has 0 radical (unpaired) electrons. The number of likely N-dealkylation sites (tertiary alicyclic amines) is 1. The minimum atomic E-state index is -0.377. The highest BCUT2D eigenvalue weighted by molar-refractivity contribution is 5.61. The van der Waals surface area contributed by atoms with E-state index < -0.39 is 0 Å². The van der Waals surface area contributed by atoms with Gasteiger partial charge in [0.1, 0.15) is 12.1 Å². The highest BCUT2D eigenvalue weighted by atomic mass is 19.1. The molecular weight excluding hydrogens is 209 g/mol. The number of carbonyl (C=O) groups is 1. The van der Waals surface area contributed by atoms with E-state index >= 15 is 0 Å². The lowest BCUT2D eigenvalue weighted by Crippen LogP contribution is -2.28. The Morgan fingerprint density at radius 3 is 2.62 bits per heavy atom. The first-order valence-corrected chi connectivity index (χ1v) is 5.33. The van der Waals surface area contributed by atoms with Gasteiger partial charge in [-0.2, -0.15) is 0 Å². The van der Waals surface area contributed by atoms with E-state index in [0.717, 1.165) is 11.8 Å². The van der Waals surface area contributed by atoms with Crippen LogP contribution >= 0.6 is 0 Å². The van der Waals surface area contributed by atoms with Crippen LogP contribution in [0, 0.1) is 5.82 Å². The minimum absolute atomic E-state index is 0.310. The van der Waals surface area contributed by atoms with Gasteiger partial charge in [0.15, 0.2) is 0 Å². The third-order valence-electron chi connectivity index (χ3n) is 2.93. The Kier molecular flexibility index (Phi) is 3.31. The zero-order valence-electron chi connectivity index (χ0n) is 8.84. The second-order valence-corrected chi connectivity index (χ2v) is 4.07. The maximum atomic E-state index is 12.8. The summed E-state index contributed by atoms with van der Waals surface area (Å²) in [6.07, 6.45) is 1.17. The molecule has 2 unspecified atom stereocenters. The van der Waals surface area contributed by atoms with Gasteiger partial charge in [0.05, 0.1) is 12.1 Å². The molecule has 1 fully saturated rings. The third kappa shape index (κ3) is 2.28. The number of nitrogens with zero attached hydrogens (tertiary/aromatic N) is 1. The van der Waals surface area contributed by atoms with Gasteiger partial charge >= 0.3 is 0 Å². The van der Waals surface area contributed by atoms with E-state index in [-0.39, 0.29) is 18.0 Å². The summed E-state index contributed by atoms with van der Waals surface area (Å²) in [6.45, 7) is 1.20. The van der Waals surface area contributed by atoms with E-state index in [1.54, 1.807) is 12.1 Å².